The summed E-state index contributed by atoms with van der Waals surface area (Å²) >= 11 is 6.07. The molecular formula is C19H16ClN3O5. The molecule has 28 heavy (non-hydrogen) atoms. The highest BCUT2D eigenvalue weighted by atomic mass is 35.5. The summed E-state index contributed by atoms with van der Waals surface area (Å²) < 4.78 is 21.5. The molecule has 0 aliphatic carbocycles. The fourth-order valence-corrected chi connectivity index (χ4v) is 3.14. The van der Waals surface area contributed by atoms with Crippen LogP contribution in [0.5, 0.6) is 17.2 Å². The van der Waals surface area contributed by atoms with Gasteiger partial charge in [-0.2, -0.15) is 4.98 Å². The number of amides is 1. The molecule has 8 nitrogen and oxygen atoms in total. The van der Waals surface area contributed by atoms with E-state index in [0.717, 1.165) is 0 Å². The third-order valence-electron chi connectivity index (χ3n) is 4.27. The van der Waals surface area contributed by atoms with E-state index in [-0.39, 0.29) is 24.9 Å². The standard InChI is InChI=1S/C19H16ClN3O5/c1-25-15-5-3-4-12(18(15)26-2)19-21-16(28-22-19)9-23-13-8-11(20)6-7-14(13)27-10-17(23)24/h3-8H,9-10H2,1-2H3. The molecule has 144 valence electrons. The molecule has 3 aromatic rings. The van der Waals surface area contributed by atoms with Gasteiger partial charge in [-0.3, -0.25) is 9.69 Å². The first-order valence-electron chi connectivity index (χ1n) is 8.37. The zero-order valence-electron chi connectivity index (χ0n) is 15.1. The molecule has 0 atom stereocenters. The summed E-state index contributed by atoms with van der Waals surface area (Å²) in [5, 5.41) is 4.51. The van der Waals surface area contributed by atoms with Crippen molar-refractivity contribution in [3.05, 3.63) is 47.3 Å². The van der Waals surface area contributed by atoms with Crippen LogP contribution in [0.25, 0.3) is 11.4 Å². The average Bonchev–Trinajstić information content (AvgIpc) is 3.18. The quantitative estimate of drug-likeness (QED) is 0.648. The number of hydrogen-bond donors (Lipinski definition) is 0. The van der Waals surface area contributed by atoms with Crippen molar-refractivity contribution in [3.8, 4) is 28.6 Å². The van der Waals surface area contributed by atoms with Crippen LogP contribution >= 0.6 is 11.6 Å². The zero-order chi connectivity index (χ0) is 19.7. The lowest BCUT2D eigenvalue weighted by Gasteiger charge is -2.28. The second-order valence-electron chi connectivity index (χ2n) is 5.93. The first-order valence-corrected chi connectivity index (χ1v) is 8.75. The number of rotatable bonds is 5. The molecule has 0 saturated carbocycles. The van der Waals surface area contributed by atoms with E-state index in [0.29, 0.717) is 39.3 Å². The lowest BCUT2D eigenvalue weighted by molar-refractivity contribution is -0.121. The second kappa shape index (κ2) is 7.40. The summed E-state index contributed by atoms with van der Waals surface area (Å²) in [5.74, 6) is 1.99. The van der Waals surface area contributed by atoms with Crippen LogP contribution in [-0.2, 0) is 11.3 Å². The molecule has 0 fully saturated rings. The number of methoxy groups -OCH3 is 2. The van der Waals surface area contributed by atoms with Gasteiger partial charge in [0, 0.05) is 5.02 Å². The van der Waals surface area contributed by atoms with Crippen molar-refractivity contribution >= 4 is 23.2 Å². The summed E-state index contributed by atoms with van der Waals surface area (Å²) in [4.78, 5) is 18.3. The average molecular weight is 402 g/mol. The number of carbonyl (C=O) groups is 1. The second-order valence-corrected chi connectivity index (χ2v) is 6.37. The molecule has 0 radical (unpaired) electrons. The molecule has 0 spiro atoms. The lowest BCUT2D eigenvalue weighted by Crippen LogP contribution is -2.38. The van der Waals surface area contributed by atoms with Crippen molar-refractivity contribution in [2.24, 2.45) is 0 Å². The molecule has 0 N–H and O–H groups in total. The number of para-hydroxylation sites is 1. The van der Waals surface area contributed by atoms with Crippen LogP contribution in [0, 0.1) is 0 Å². The van der Waals surface area contributed by atoms with Crippen LogP contribution in [-0.4, -0.2) is 36.9 Å². The van der Waals surface area contributed by atoms with E-state index in [2.05, 4.69) is 10.1 Å². The van der Waals surface area contributed by atoms with Crippen molar-refractivity contribution in [3.63, 3.8) is 0 Å². The first-order chi connectivity index (χ1) is 13.6. The number of benzene rings is 2. The fourth-order valence-electron chi connectivity index (χ4n) is 2.98. The lowest BCUT2D eigenvalue weighted by atomic mass is 10.1. The van der Waals surface area contributed by atoms with Gasteiger partial charge in [-0.1, -0.05) is 22.8 Å². The summed E-state index contributed by atoms with van der Waals surface area (Å²) in [6, 6.07) is 10.5. The Labute approximate surface area is 165 Å². The largest absolute Gasteiger partial charge is 0.493 e. The normalized spacial score (nSPS) is 13.1. The first kappa shape index (κ1) is 18.1. The van der Waals surface area contributed by atoms with Crippen LogP contribution in [0.15, 0.2) is 40.9 Å². The van der Waals surface area contributed by atoms with Gasteiger partial charge in [0.15, 0.2) is 18.1 Å². The van der Waals surface area contributed by atoms with Crippen molar-refractivity contribution in [2.75, 3.05) is 25.7 Å². The minimum absolute atomic E-state index is 0.0701. The number of ether oxygens (including phenoxy) is 3. The highest BCUT2D eigenvalue weighted by molar-refractivity contribution is 6.31. The number of hydrogen-bond acceptors (Lipinski definition) is 7. The van der Waals surface area contributed by atoms with Crippen molar-refractivity contribution in [1.82, 2.24) is 10.1 Å². The van der Waals surface area contributed by atoms with Crippen molar-refractivity contribution in [2.45, 2.75) is 6.54 Å². The van der Waals surface area contributed by atoms with E-state index >= 15 is 0 Å². The maximum absolute atomic E-state index is 12.4. The number of halogens is 1. The number of nitrogens with zero attached hydrogens (tertiary/aromatic N) is 3. The molecule has 1 amide bonds. The molecule has 0 unspecified atom stereocenters. The Kier molecular flexibility index (Phi) is 4.79. The maximum Gasteiger partial charge on any atom is 0.265 e. The third-order valence-corrected chi connectivity index (χ3v) is 4.50. The van der Waals surface area contributed by atoms with E-state index in [1.54, 1.807) is 43.5 Å². The topological polar surface area (TPSA) is 86.9 Å². The smallest absolute Gasteiger partial charge is 0.265 e. The summed E-state index contributed by atoms with van der Waals surface area (Å²) in [5.41, 5.74) is 1.18. The van der Waals surface area contributed by atoms with E-state index < -0.39 is 0 Å². The molecular weight excluding hydrogens is 386 g/mol. The highest BCUT2D eigenvalue weighted by Gasteiger charge is 2.28. The Bertz CT molecular complexity index is 1040. The number of fused-ring (bicyclic) bond motifs is 1. The molecule has 9 heteroatoms. The molecule has 0 saturated heterocycles. The Hall–Kier alpha value is -3.26. The summed E-state index contributed by atoms with van der Waals surface area (Å²) in [6.45, 7) is 0.0220. The SMILES string of the molecule is COc1cccc(-c2noc(CN3C(=O)COc4ccc(Cl)cc43)n2)c1OC. The Morgan fingerprint density at radius 1 is 1.21 bits per heavy atom. The van der Waals surface area contributed by atoms with Crippen LogP contribution in [0.2, 0.25) is 5.02 Å². The van der Waals surface area contributed by atoms with Crippen LogP contribution in [0.4, 0.5) is 5.69 Å². The minimum atomic E-state index is -0.228. The van der Waals surface area contributed by atoms with E-state index in [4.69, 9.17) is 30.3 Å². The van der Waals surface area contributed by atoms with Crippen LogP contribution < -0.4 is 19.1 Å². The Morgan fingerprint density at radius 2 is 2.07 bits per heavy atom. The molecule has 1 aliphatic heterocycles. The van der Waals surface area contributed by atoms with E-state index in [1.807, 2.05) is 0 Å². The van der Waals surface area contributed by atoms with Crippen molar-refractivity contribution < 1.29 is 23.5 Å². The van der Waals surface area contributed by atoms with E-state index in [1.165, 1.54) is 12.0 Å². The van der Waals surface area contributed by atoms with Gasteiger partial charge in [-0.05, 0) is 30.3 Å². The van der Waals surface area contributed by atoms with Gasteiger partial charge in [0.25, 0.3) is 5.91 Å². The summed E-state index contributed by atoms with van der Waals surface area (Å²) in [7, 11) is 3.09. The predicted molar refractivity (Wildman–Crippen MR) is 101 cm³/mol. The van der Waals surface area contributed by atoms with Crippen LogP contribution in [0.1, 0.15) is 5.89 Å². The minimum Gasteiger partial charge on any atom is -0.493 e. The van der Waals surface area contributed by atoms with Gasteiger partial charge in [0.05, 0.1) is 25.5 Å². The predicted octanol–water partition coefficient (Wildman–Crippen LogP) is 3.33. The molecule has 2 aromatic carbocycles. The van der Waals surface area contributed by atoms with Crippen LogP contribution in [0.3, 0.4) is 0 Å². The zero-order valence-corrected chi connectivity index (χ0v) is 15.9. The molecule has 1 aromatic heterocycles. The molecule has 2 heterocycles. The molecule has 1 aliphatic rings. The monoisotopic (exact) mass is 401 g/mol. The van der Waals surface area contributed by atoms with Gasteiger partial charge in [-0.15, -0.1) is 0 Å². The molecule has 0 bridgehead atoms. The number of anilines is 1. The Balaban J connectivity index is 1.65. The summed E-state index contributed by atoms with van der Waals surface area (Å²) in [6.07, 6.45) is 0. The number of carbonyl (C=O) groups excluding carboxylic acids is 1. The highest BCUT2D eigenvalue weighted by Crippen LogP contribution is 2.37. The maximum atomic E-state index is 12.4. The van der Waals surface area contributed by atoms with Gasteiger partial charge in [-0.25, -0.2) is 0 Å². The number of aromatic nitrogens is 2. The fraction of sp³-hybridized carbons (Fsp3) is 0.211. The third kappa shape index (κ3) is 3.22. The van der Waals surface area contributed by atoms with E-state index in [9.17, 15) is 4.79 Å². The molecule has 4 rings (SSSR count). The van der Waals surface area contributed by atoms with Gasteiger partial charge >= 0.3 is 0 Å². The van der Waals surface area contributed by atoms with Gasteiger partial charge < -0.3 is 18.7 Å². The van der Waals surface area contributed by atoms with Gasteiger partial charge in [0.2, 0.25) is 11.7 Å². The van der Waals surface area contributed by atoms with Crippen molar-refractivity contribution in [1.29, 1.82) is 0 Å². The Morgan fingerprint density at radius 3 is 2.86 bits per heavy atom. The van der Waals surface area contributed by atoms with Gasteiger partial charge in [0.1, 0.15) is 12.3 Å².